The molecule has 170 valence electrons. The van der Waals surface area contributed by atoms with E-state index in [2.05, 4.69) is 9.17 Å². The standard InChI is InChI=1S/C19H22F3N3O5S/c1-18(2,3)29-17(26)25-8-6-24(7-9-25)14-10-13-11-15(4-5-16(13)23-12-14)30-31(27,28)19(20,21)22/h4-5,10-12H,6-9H2,1-3H3. The molecule has 2 heterocycles. The largest absolute Gasteiger partial charge is 0.534 e. The second-order valence-corrected chi connectivity index (χ2v) is 9.52. The van der Waals surface area contributed by atoms with E-state index < -0.39 is 33.1 Å². The van der Waals surface area contributed by atoms with Gasteiger partial charge >= 0.3 is 21.7 Å². The predicted octanol–water partition coefficient (Wildman–Crippen LogP) is 3.52. The van der Waals surface area contributed by atoms with Gasteiger partial charge in [-0.1, -0.05) is 0 Å². The van der Waals surface area contributed by atoms with Gasteiger partial charge < -0.3 is 18.7 Å². The molecule has 0 bridgehead atoms. The molecule has 1 fully saturated rings. The summed E-state index contributed by atoms with van der Waals surface area (Å²) in [7, 11) is -5.76. The van der Waals surface area contributed by atoms with Crippen LogP contribution in [-0.4, -0.2) is 61.7 Å². The van der Waals surface area contributed by atoms with Gasteiger partial charge in [-0.15, -0.1) is 0 Å². The van der Waals surface area contributed by atoms with Gasteiger partial charge in [-0.3, -0.25) is 4.98 Å². The van der Waals surface area contributed by atoms with E-state index >= 15 is 0 Å². The van der Waals surface area contributed by atoms with Crippen LogP contribution < -0.4 is 9.08 Å². The Morgan fingerprint density at radius 2 is 1.71 bits per heavy atom. The van der Waals surface area contributed by atoms with Gasteiger partial charge in [-0.25, -0.2) is 4.79 Å². The SMILES string of the molecule is CC(C)(C)OC(=O)N1CCN(c2cnc3ccc(OS(=O)(=O)C(F)(F)F)cc3c2)CC1. The van der Waals surface area contributed by atoms with Crippen LogP contribution in [-0.2, 0) is 14.9 Å². The number of piperazine rings is 1. The number of benzene rings is 1. The monoisotopic (exact) mass is 461 g/mol. The number of alkyl halides is 3. The van der Waals surface area contributed by atoms with E-state index in [1.165, 1.54) is 12.1 Å². The maximum absolute atomic E-state index is 12.6. The highest BCUT2D eigenvalue weighted by atomic mass is 32.2. The van der Waals surface area contributed by atoms with Gasteiger partial charge in [0.2, 0.25) is 0 Å². The van der Waals surface area contributed by atoms with Crippen LogP contribution in [0.25, 0.3) is 10.9 Å². The normalized spacial score (nSPS) is 15.8. The molecule has 1 aromatic heterocycles. The van der Waals surface area contributed by atoms with Crippen molar-refractivity contribution in [2.24, 2.45) is 0 Å². The van der Waals surface area contributed by atoms with Crippen molar-refractivity contribution in [3.63, 3.8) is 0 Å². The molecule has 0 unspecified atom stereocenters. The minimum Gasteiger partial charge on any atom is -0.444 e. The highest BCUT2D eigenvalue weighted by Gasteiger charge is 2.48. The summed E-state index contributed by atoms with van der Waals surface area (Å²) in [5.41, 5.74) is -4.95. The molecule has 12 heteroatoms. The molecule has 0 radical (unpaired) electrons. The van der Waals surface area contributed by atoms with Gasteiger partial charge in [0.15, 0.2) is 0 Å². The predicted molar refractivity (Wildman–Crippen MR) is 107 cm³/mol. The summed E-state index contributed by atoms with van der Waals surface area (Å²) in [6.45, 7) is 7.25. The molecule has 0 saturated carbocycles. The summed E-state index contributed by atoms with van der Waals surface area (Å²) >= 11 is 0. The van der Waals surface area contributed by atoms with E-state index in [1.54, 1.807) is 37.9 Å². The van der Waals surface area contributed by atoms with Gasteiger partial charge in [0.25, 0.3) is 0 Å². The summed E-state index contributed by atoms with van der Waals surface area (Å²) in [5.74, 6) is -0.460. The third-order valence-electron chi connectivity index (χ3n) is 4.42. The molecular weight excluding hydrogens is 439 g/mol. The molecule has 8 nitrogen and oxygen atoms in total. The van der Waals surface area contributed by atoms with Gasteiger partial charge in [-0.2, -0.15) is 21.6 Å². The zero-order valence-electron chi connectivity index (χ0n) is 17.1. The van der Waals surface area contributed by atoms with Crippen LogP contribution in [0, 0.1) is 0 Å². The Morgan fingerprint density at radius 1 is 1.06 bits per heavy atom. The van der Waals surface area contributed by atoms with Crippen molar-refractivity contribution in [1.82, 2.24) is 9.88 Å². The first-order valence-corrected chi connectivity index (χ1v) is 10.8. The molecule has 0 spiro atoms. The average Bonchev–Trinajstić information content (AvgIpc) is 2.65. The molecule has 2 aromatic rings. The van der Waals surface area contributed by atoms with Gasteiger partial charge in [0.1, 0.15) is 11.4 Å². The number of nitrogens with zero attached hydrogens (tertiary/aromatic N) is 3. The highest BCUT2D eigenvalue weighted by Crippen LogP contribution is 2.30. The zero-order chi connectivity index (χ0) is 23.0. The topological polar surface area (TPSA) is 89.0 Å². The Morgan fingerprint density at radius 3 is 2.29 bits per heavy atom. The molecule has 31 heavy (non-hydrogen) atoms. The van der Waals surface area contributed by atoms with Crippen molar-refractivity contribution in [2.45, 2.75) is 31.9 Å². The lowest BCUT2D eigenvalue weighted by atomic mass is 10.2. The molecule has 1 aromatic carbocycles. The Balaban J connectivity index is 1.73. The lowest BCUT2D eigenvalue weighted by molar-refractivity contribution is -0.0500. The van der Waals surface area contributed by atoms with Crippen molar-refractivity contribution >= 4 is 32.8 Å². The van der Waals surface area contributed by atoms with E-state index in [0.717, 1.165) is 6.07 Å². The Hall–Kier alpha value is -2.76. The summed E-state index contributed by atoms with van der Waals surface area (Å²) in [6.07, 6.45) is 1.22. The van der Waals surface area contributed by atoms with E-state index in [0.29, 0.717) is 42.8 Å². The quantitative estimate of drug-likeness (QED) is 0.510. The molecule has 3 rings (SSSR count). The number of carbonyl (C=O) groups excluding carboxylic acids is 1. The minimum absolute atomic E-state index is 0.392. The second kappa shape index (κ2) is 8.06. The van der Waals surface area contributed by atoms with Gasteiger partial charge in [0.05, 0.1) is 17.4 Å². The summed E-state index contributed by atoms with van der Waals surface area (Å²) < 4.78 is 69.7. The van der Waals surface area contributed by atoms with E-state index in [-0.39, 0.29) is 0 Å². The maximum atomic E-state index is 12.6. The van der Waals surface area contributed by atoms with Crippen LogP contribution in [0.15, 0.2) is 30.5 Å². The second-order valence-electron chi connectivity index (χ2n) is 7.99. The molecule has 1 aliphatic rings. The molecule has 1 aliphatic heterocycles. The molecule has 1 amide bonds. The summed E-state index contributed by atoms with van der Waals surface area (Å²) in [6, 6.07) is 5.35. The summed E-state index contributed by atoms with van der Waals surface area (Å²) in [5, 5.41) is 0.418. The Kier molecular flexibility index (Phi) is 5.96. The third kappa shape index (κ3) is 5.49. The fourth-order valence-electron chi connectivity index (χ4n) is 2.97. The number of pyridine rings is 1. The average molecular weight is 461 g/mol. The number of aromatic nitrogens is 1. The van der Waals surface area contributed by atoms with Crippen LogP contribution >= 0.6 is 0 Å². The van der Waals surface area contributed by atoms with Gasteiger partial charge in [-0.05, 0) is 45.0 Å². The van der Waals surface area contributed by atoms with Crippen molar-refractivity contribution in [3.8, 4) is 5.75 Å². The first-order chi connectivity index (χ1) is 14.2. The Labute approximate surface area is 177 Å². The number of carbonyl (C=O) groups is 1. The number of hydrogen-bond donors (Lipinski definition) is 0. The fourth-order valence-corrected chi connectivity index (χ4v) is 3.42. The lowest BCUT2D eigenvalue weighted by Gasteiger charge is -2.36. The van der Waals surface area contributed by atoms with E-state index in [4.69, 9.17) is 4.74 Å². The Bertz CT molecular complexity index is 1080. The molecule has 0 atom stereocenters. The first kappa shape index (κ1) is 22.9. The number of ether oxygens (including phenoxy) is 1. The van der Waals surface area contributed by atoms with Crippen LogP contribution in [0.1, 0.15) is 20.8 Å². The lowest BCUT2D eigenvalue weighted by Crippen LogP contribution is -2.50. The summed E-state index contributed by atoms with van der Waals surface area (Å²) in [4.78, 5) is 20.0. The smallest absolute Gasteiger partial charge is 0.444 e. The number of rotatable bonds is 3. The first-order valence-electron chi connectivity index (χ1n) is 9.39. The van der Waals surface area contributed by atoms with Crippen LogP contribution in [0.4, 0.5) is 23.7 Å². The molecule has 1 saturated heterocycles. The number of halogens is 3. The molecule has 0 aliphatic carbocycles. The molecule has 0 N–H and O–H groups in total. The minimum atomic E-state index is -5.76. The number of hydrogen-bond acceptors (Lipinski definition) is 7. The zero-order valence-corrected chi connectivity index (χ0v) is 18.0. The number of fused-ring (bicyclic) bond motifs is 1. The maximum Gasteiger partial charge on any atom is 0.534 e. The number of amides is 1. The van der Waals surface area contributed by atoms with Crippen molar-refractivity contribution in [3.05, 3.63) is 30.5 Å². The number of anilines is 1. The fraction of sp³-hybridized carbons (Fsp3) is 0.474. The van der Waals surface area contributed by atoms with Crippen molar-refractivity contribution in [1.29, 1.82) is 0 Å². The van der Waals surface area contributed by atoms with Crippen LogP contribution in [0.2, 0.25) is 0 Å². The van der Waals surface area contributed by atoms with Gasteiger partial charge in [0, 0.05) is 31.6 Å². The molecular formula is C19H22F3N3O5S. The van der Waals surface area contributed by atoms with E-state index in [1.807, 2.05) is 4.90 Å². The van der Waals surface area contributed by atoms with Crippen molar-refractivity contribution < 1.29 is 35.3 Å². The van der Waals surface area contributed by atoms with E-state index in [9.17, 15) is 26.4 Å². The van der Waals surface area contributed by atoms with Crippen LogP contribution in [0.5, 0.6) is 5.75 Å². The van der Waals surface area contributed by atoms with Crippen molar-refractivity contribution in [2.75, 3.05) is 31.1 Å². The van der Waals surface area contributed by atoms with Crippen LogP contribution in [0.3, 0.4) is 0 Å². The third-order valence-corrected chi connectivity index (χ3v) is 5.40. The highest BCUT2D eigenvalue weighted by molar-refractivity contribution is 7.88.